The van der Waals surface area contributed by atoms with Gasteiger partial charge in [-0.2, -0.15) is 5.10 Å². The number of halogens is 1. The zero-order valence-corrected chi connectivity index (χ0v) is 12.1. The highest BCUT2D eigenvalue weighted by Crippen LogP contribution is 2.18. The fraction of sp³-hybridized carbons (Fsp3) is 0.667. The Balaban J connectivity index is 2.93. The van der Waals surface area contributed by atoms with Crippen LogP contribution >= 0.6 is 11.6 Å². The van der Waals surface area contributed by atoms with Crippen LogP contribution in [0.25, 0.3) is 0 Å². The van der Waals surface area contributed by atoms with E-state index in [0.717, 1.165) is 0 Å². The molecule has 0 spiro atoms. The van der Waals surface area contributed by atoms with Crippen molar-refractivity contribution < 1.29 is 9.84 Å². The van der Waals surface area contributed by atoms with Crippen molar-refractivity contribution in [3.8, 4) is 0 Å². The van der Waals surface area contributed by atoms with Gasteiger partial charge in [-0.05, 0) is 5.92 Å². The molecule has 1 heterocycles. The molecule has 1 aromatic heterocycles. The Morgan fingerprint density at radius 2 is 2.26 bits per heavy atom. The number of anilines is 1. The first kappa shape index (κ1) is 15.9. The van der Waals surface area contributed by atoms with Crippen LogP contribution in [-0.2, 0) is 11.3 Å². The summed E-state index contributed by atoms with van der Waals surface area (Å²) in [5.41, 5.74) is 0.0669. The molecule has 1 aromatic rings. The molecule has 0 saturated carbocycles. The molecule has 0 aromatic carbocycles. The van der Waals surface area contributed by atoms with Gasteiger partial charge in [0.25, 0.3) is 5.56 Å². The van der Waals surface area contributed by atoms with Gasteiger partial charge in [-0.15, -0.1) is 0 Å². The summed E-state index contributed by atoms with van der Waals surface area (Å²) in [5.74, 6) is 0.206. The molecule has 108 valence electrons. The number of ether oxygens (including phenoxy) is 1. The number of aliphatic hydroxyl groups is 1. The average Bonchev–Trinajstić information content (AvgIpc) is 2.39. The van der Waals surface area contributed by atoms with Crippen molar-refractivity contribution in [2.75, 3.05) is 25.6 Å². The van der Waals surface area contributed by atoms with Crippen molar-refractivity contribution in [3.05, 3.63) is 21.6 Å². The third-order valence-corrected chi connectivity index (χ3v) is 3.20. The normalized spacial score (nSPS) is 12.7. The highest BCUT2D eigenvalue weighted by Gasteiger charge is 2.16. The van der Waals surface area contributed by atoms with Crippen molar-refractivity contribution in [1.82, 2.24) is 9.78 Å². The van der Waals surface area contributed by atoms with Gasteiger partial charge in [0, 0.05) is 7.11 Å². The van der Waals surface area contributed by atoms with E-state index in [4.69, 9.17) is 16.3 Å². The third-order valence-electron chi connectivity index (χ3n) is 2.83. The Morgan fingerprint density at radius 1 is 1.58 bits per heavy atom. The molecular weight excluding hydrogens is 270 g/mol. The maximum atomic E-state index is 11.9. The van der Waals surface area contributed by atoms with Crippen molar-refractivity contribution in [2.45, 2.75) is 26.4 Å². The van der Waals surface area contributed by atoms with Gasteiger partial charge in [-0.3, -0.25) is 4.79 Å². The number of aliphatic hydroxyl groups excluding tert-OH is 1. The molecule has 0 aliphatic rings. The molecule has 7 heteroatoms. The van der Waals surface area contributed by atoms with E-state index >= 15 is 0 Å². The summed E-state index contributed by atoms with van der Waals surface area (Å²) in [7, 11) is 1.55. The maximum Gasteiger partial charge on any atom is 0.287 e. The minimum Gasteiger partial charge on any atom is -0.394 e. The molecule has 0 amide bonds. The predicted molar refractivity (Wildman–Crippen MR) is 74.7 cm³/mol. The summed E-state index contributed by atoms with van der Waals surface area (Å²) in [4.78, 5) is 11.9. The van der Waals surface area contributed by atoms with E-state index in [1.165, 1.54) is 10.9 Å². The smallest absolute Gasteiger partial charge is 0.287 e. The quantitative estimate of drug-likeness (QED) is 0.782. The molecular formula is C12H20ClN3O3. The van der Waals surface area contributed by atoms with Crippen LogP contribution in [0.2, 0.25) is 5.02 Å². The molecule has 0 radical (unpaired) electrons. The Labute approximate surface area is 117 Å². The topological polar surface area (TPSA) is 76.4 Å². The van der Waals surface area contributed by atoms with Gasteiger partial charge >= 0.3 is 0 Å². The SMILES string of the molecule is COCCn1ncc(N[C@H](CO)C(C)C)c(Cl)c1=O. The molecule has 6 nitrogen and oxygen atoms in total. The number of hydrogen-bond donors (Lipinski definition) is 2. The average molecular weight is 290 g/mol. The van der Waals surface area contributed by atoms with Gasteiger partial charge in [-0.1, -0.05) is 25.4 Å². The lowest BCUT2D eigenvalue weighted by Gasteiger charge is -2.21. The van der Waals surface area contributed by atoms with Crippen LogP contribution in [0.5, 0.6) is 0 Å². The van der Waals surface area contributed by atoms with Crippen LogP contribution in [0.15, 0.2) is 11.0 Å². The number of aromatic nitrogens is 2. The van der Waals surface area contributed by atoms with Crippen LogP contribution in [0.1, 0.15) is 13.8 Å². The number of methoxy groups -OCH3 is 1. The number of rotatable bonds is 7. The van der Waals surface area contributed by atoms with E-state index in [1.807, 2.05) is 13.8 Å². The lowest BCUT2D eigenvalue weighted by Crippen LogP contribution is -2.32. The fourth-order valence-electron chi connectivity index (χ4n) is 1.53. The molecule has 0 saturated heterocycles. The lowest BCUT2D eigenvalue weighted by molar-refractivity contribution is 0.182. The van der Waals surface area contributed by atoms with E-state index in [0.29, 0.717) is 18.8 Å². The molecule has 0 aliphatic carbocycles. The van der Waals surface area contributed by atoms with Gasteiger partial charge in [0.15, 0.2) is 0 Å². The van der Waals surface area contributed by atoms with E-state index in [9.17, 15) is 9.90 Å². The van der Waals surface area contributed by atoms with Gasteiger partial charge in [0.2, 0.25) is 0 Å². The van der Waals surface area contributed by atoms with Gasteiger partial charge < -0.3 is 15.2 Å². The summed E-state index contributed by atoms with van der Waals surface area (Å²) in [6.45, 7) is 4.63. The first-order valence-corrected chi connectivity index (χ1v) is 6.51. The summed E-state index contributed by atoms with van der Waals surface area (Å²) >= 11 is 6.02. The molecule has 19 heavy (non-hydrogen) atoms. The zero-order valence-electron chi connectivity index (χ0n) is 11.4. The first-order valence-electron chi connectivity index (χ1n) is 6.13. The molecule has 0 aliphatic heterocycles. The minimum absolute atomic E-state index is 0.0409. The Morgan fingerprint density at radius 3 is 2.79 bits per heavy atom. The zero-order chi connectivity index (χ0) is 14.4. The minimum atomic E-state index is -0.371. The van der Waals surface area contributed by atoms with E-state index in [1.54, 1.807) is 7.11 Å². The third kappa shape index (κ3) is 4.19. The highest BCUT2D eigenvalue weighted by molar-refractivity contribution is 6.32. The van der Waals surface area contributed by atoms with Crippen LogP contribution in [-0.4, -0.2) is 41.3 Å². The first-order chi connectivity index (χ1) is 9.01. The largest absolute Gasteiger partial charge is 0.394 e. The summed E-state index contributed by atoms with van der Waals surface area (Å²) in [5, 5.41) is 16.4. The van der Waals surface area contributed by atoms with Crippen molar-refractivity contribution in [3.63, 3.8) is 0 Å². The molecule has 0 fully saturated rings. The lowest BCUT2D eigenvalue weighted by atomic mass is 10.1. The monoisotopic (exact) mass is 289 g/mol. The maximum absolute atomic E-state index is 11.9. The second-order valence-electron chi connectivity index (χ2n) is 4.57. The second-order valence-corrected chi connectivity index (χ2v) is 4.95. The fourth-order valence-corrected chi connectivity index (χ4v) is 1.73. The van der Waals surface area contributed by atoms with Crippen molar-refractivity contribution in [2.24, 2.45) is 5.92 Å². The van der Waals surface area contributed by atoms with Crippen molar-refractivity contribution >= 4 is 17.3 Å². The number of nitrogens with zero attached hydrogens (tertiary/aromatic N) is 2. The molecule has 0 unspecified atom stereocenters. The summed E-state index contributed by atoms with van der Waals surface area (Å²) in [6.07, 6.45) is 1.49. The molecule has 0 bridgehead atoms. The van der Waals surface area contributed by atoms with Crippen molar-refractivity contribution in [1.29, 1.82) is 0 Å². The standard InChI is InChI=1S/C12H20ClN3O3/c1-8(2)10(7-17)15-9-6-14-16(4-5-19-3)12(18)11(9)13/h6,8,10,15,17H,4-5,7H2,1-3H3/t10-/m1/s1. The van der Waals surface area contributed by atoms with E-state index in [2.05, 4.69) is 10.4 Å². The van der Waals surface area contributed by atoms with Crippen LogP contribution in [0.4, 0.5) is 5.69 Å². The Kier molecular flexibility index (Phi) is 6.27. The highest BCUT2D eigenvalue weighted by atomic mass is 35.5. The van der Waals surface area contributed by atoms with Crippen LogP contribution in [0.3, 0.4) is 0 Å². The molecule has 1 atom stereocenters. The van der Waals surface area contributed by atoms with Gasteiger partial charge in [0.05, 0.1) is 37.7 Å². The Bertz CT molecular complexity index is 462. The van der Waals surface area contributed by atoms with Crippen LogP contribution < -0.4 is 10.9 Å². The predicted octanol–water partition coefficient (Wildman–Crippen LogP) is 0.972. The molecule has 2 N–H and O–H groups in total. The van der Waals surface area contributed by atoms with Crippen LogP contribution in [0, 0.1) is 5.92 Å². The van der Waals surface area contributed by atoms with E-state index < -0.39 is 0 Å². The molecule has 1 rings (SSSR count). The summed E-state index contributed by atoms with van der Waals surface area (Å²) in [6, 6.07) is -0.173. The second kappa shape index (κ2) is 7.47. The number of nitrogens with one attached hydrogen (secondary N) is 1. The van der Waals surface area contributed by atoms with E-state index in [-0.39, 0.29) is 29.1 Å². The summed E-state index contributed by atoms with van der Waals surface area (Å²) < 4.78 is 6.14. The van der Waals surface area contributed by atoms with Gasteiger partial charge in [0.1, 0.15) is 5.02 Å². The van der Waals surface area contributed by atoms with Gasteiger partial charge in [-0.25, -0.2) is 4.68 Å². The number of hydrogen-bond acceptors (Lipinski definition) is 5. The Hall–Kier alpha value is -1.11.